The minimum atomic E-state index is 0.109. The summed E-state index contributed by atoms with van der Waals surface area (Å²) in [4.78, 5) is 11.8. The predicted octanol–water partition coefficient (Wildman–Crippen LogP) is 2.34. The van der Waals surface area contributed by atoms with Crippen molar-refractivity contribution in [3.63, 3.8) is 0 Å². The monoisotopic (exact) mass is 245 g/mol. The van der Waals surface area contributed by atoms with Crippen molar-refractivity contribution in [2.75, 3.05) is 6.61 Å². The molecule has 18 heavy (non-hydrogen) atoms. The summed E-state index contributed by atoms with van der Waals surface area (Å²) in [6.45, 7) is 4.59. The van der Waals surface area contributed by atoms with Gasteiger partial charge in [-0.25, -0.2) is 15.0 Å². The van der Waals surface area contributed by atoms with E-state index in [0.29, 0.717) is 23.7 Å². The predicted molar refractivity (Wildman–Crippen MR) is 67.5 cm³/mol. The van der Waals surface area contributed by atoms with Gasteiger partial charge < -0.3 is 9.84 Å². The van der Waals surface area contributed by atoms with Crippen molar-refractivity contribution in [3.05, 3.63) is 30.4 Å². The van der Waals surface area contributed by atoms with E-state index in [0.717, 1.165) is 12.0 Å². The molecule has 0 radical (unpaired) electrons. The molecule has 0 fully saturated rings. The zero-order chi connectivity index (χ0) is 13.0. The van der Waals surface area contributed by atoms with E-state index >= 15 is 0 Å². The number of aromatic nitrogens is 3. The summed E-state index contributed by atoms with van der Waals surface area (Å²) in [6, 6.07) is 3.42. The summed E-state index contributed by atoms with van der Waals surface area (Å²) in [7, 11) is 0. The van der Waals surface area contributed by atoms with Gasteiger partial charge in [0.15, 0.2) is 5.82 Å². The Morgan fingerprint density at radius 3 is 2.61 bits per heavy atom. The van der Waals surface area contributed by atoms with Gasteiger partial charge in [0.1, 0.15) is 24.2 Å². The highest BCUT2D eigenvalue weighted by atomic mass is 16.5. The number of phenols is 1. The van der Waals surface area contributed by atoms with Gasteiger partial charge in [0.25, 0.3) is 0 Å². The van der Waals surface area contributed by atoms with Crippen molar-refractivity contribution in [2.24, 2.45) is 0 Å². The molecule has 0 unspecified atom stereocenters. The van der Waals surface area contributed by atoms with Gasteiger partial charge in [0.05, 0.1) is 12.2 Å². The SMILES string of the molecule is CCCOc1cc(O)c(-c2ncncn2)cc1C. The average Bonchev–Trinajstić information content (AvgIpc) is 2.40. The van der Waals surface area contributed by atoms with Crippen molar-refractivity contribution < 1.29 is 9.84 Å². The normalized spacial score (nSPS) is 10.3. The maximum atomic E-state index is 9.99. The van der Waals surface area contributed by atoms with E-state index in [4.69, 9.17) is 4.74 Å². The Balaban J connectivity index is 2.37. The summed E-state index contributed by atoms with van der Waals surface area (Å²) in [5, 5.41) is 9.99. The van der Waals surface area contributed by atoms with E-state index in [1.807, 2.05) is 19.9 Å². The Bertz CT molecular complexity index is 529. The van der Waals surface area contributed by atoms with E-state index in [1.54, 1.807) is 6.07 Å². The number of benzene rings is 1. The quantitative estimate of drug-likeness (QED) is 0.895. The minimum absolute atomic E-state index is 0.109. The second-order valence-electron chi connectivity index (χ2n) is 3.95. The first kappa shape index (κ1) is 12.3. The van der Waals surface area contributed by atoms with E-state index in [-0.39, 0.29) is 5.75 Å². The van der Waals surface area contributed by atoms with E-state index in [1.165, 1.54) is 12.7 Å². The molecule has 1 aromatic heterocycles. The Kier molecular flexibility index (Phi) is 3.72. The Labute approximate surface area is 106 Å². The van der Waals surface area contributed by atoms with Crippen LogP contribution in [0.2, 0.25) is 0 Å². The van der Waals surface area contributed by atoms with E-state index in [9.17, 15) is 5.11 Å². The van der Waals surface area contributed by atoms with Crippen LogP contribution in [0.3, 0.4) is 0 Å². The van der Waals surface area contributed by atoms with Crippen LogP contribution in [0, 0.1) is 6.92 Å². The van der Waals surface area contributed by atoms with E-state index < -0.39 is 0 Å². The number of hydrogen-bond donors (Lipinski definition) is 1. The lowest BCUT2D eigenvalue weighted by Crippen LogP contribution is -1.98. The van der Waals surface area contributed by atoms with Crippen LogP contribution >= 0.6 is 0 Å². The van der Waals surface area contributed by atoms with Gasteiger partial charge in [-0.1, -0.05) is 6.92 Å². The molecule has 0 aliphatic carbocycles. The van der Waals surface area contributed by atoms with Crippen molar-refractivity contribution >= 4 is 0 Å². The van der Waals surface area contributed by atoms with Gasteiger partial charge in [-0.2, -0.15) is 0 Å². The number of hydrogen-bond acceptors (Lipinski definition) is 5. The highest BCUT2D eigenvalue weighted by molar-refractivity contribution is 5.66. The maximum Gasteiger partial charge on any atom is 0.166 e. The molecule has 0 aliphatic heterocycles. The molecule has 2 rings (SSSR count). The molecule has 2 aromatic rings. The molecule has 0 bridgehead atoms. The van der Waals surface area contributed by atoms with Crippen molar-refractivity contribution in [2.45, 2.75) is 20.3 Å². The van der Waals surface area contributed by atoms with Crippen LogP contribution in [0.15, 0.2) is 24.8 Å². The Morgan fingerprint density at radius 1 is 1.22 bits per heavy atom. The second-order valence-corrected chi connectivity index (χ2v) is 3.95. The molecule has 1 heterocycles. The first-order valence-corrected chi connectivity index (χ1v) is 5.81. The van der Waals surface area contributed by atoms with Gasteiger partial charge in [0, 0.05) is 6.07 Å². The lowest BCUT2D eigenvalue weighted by Gasteiger charge is -2.11. The first-order chi connectivity index (χ1) is 8.72. The number of rotatable bonds is 4. The third-order valence-corrected chi connectivity index (χ3v) is 2.49. The number of phenolic OH excluding ortho intramolecular Hbond substituents is 1. The molecule has 0 aliphatic rings. The fourth-order valence-corrected chi connectivity index (χ4v) is 1.60. The highest BCUT2D eigenvalue weighted by Gasteiger charge is 2.11. The van der Waals surface area contributed by atoms with Crippen molar-refractivity contribution in [3.8, 4) is 22.9 Å². The van der Waals surface area contributed by atoms with Gasteiger partial charge in [-0.15, -0.1) is 0 Å². The molecular formula is C13H15N3O2. The zero-order valence-corrected chi connectivity index (χ0v) is 10.4. The number of nitrogens with zero attached hydrogens (tertiary/aromatic N) is 3. The number of aromatic hydroxyl groups is 1. The van der Waals surface area contributed by atoms with E-state index in [2.05, 4.69) is 15.0 Å². The molecule has 5 nitrogen and oxygen atoms in total. The van der Waals surface area contributed by atoms with Crippen LogP contribution < -0.4 is 4.74 Å². The largest absolute Gasteiger partial charge is 0.507 e. The van der Waals surface area contributed by atoms with Crippen LogP contribution in [0.25, 0.3) is 11.4 Å². The molecule has 94 valence electrons. The van der Waals surface area contributed by atoms with Crippen LogP contribution in [0.1, 0.15) is 18.9 Å². The number of aryl methyl sites for hydroxylation is 1. The smallest absolute Gasteiger partial charge is 0.166 e. The molecule has 0 saturated heterocycles. The van der Waals surface area contributed by atoms with Crippen LogP contribution in [-0.2, 0) is 0 Å². The molecular weight excluding hydrogens is 230 g/mol. The third kappa shape index (κ3) is 2.56. The molecule has 5 heteroatoms. The third-order valence-electron chi connectivity index (χ3n) is 2.49. The van der Waals surface area contributed by atoms with Crippen LogP contribution in [0.4, 0.5) is 0 Å². The van der Waals surface area contributed by atoms with Crippen molar-refractivity contribution in [1.29, 1.82) is 0 Å². The summed E-state index contributed by atoms with van der Waals surface area (Å²) >= 11 is 0. The average molecular weight is 245 g/mol. The summed E-state index contributed by atoms with van der Waals surface area (Å²) < 4.78 is 5.54. The fourth-order valence-electron chi connectivity index (χ4n) is 1.60. The first-order valence-electron chi connectivity index (χ1n) is 5.81. The van der Waals surface area contributed by atoms with Gasteiger partial charge in [-0.05, 0) is 25.0 Å². The molecule has 0 atom stereocenters. The lowest BCUT2D eigenvalue weighted by molar-refractivity contribution is 0.313. The fraction of sp³-hybridized carbons (Fsp3) is 0.308. The highest BCUT2D eigenvalue weighted by Crippen LogP contribution is 2.33. The molecule has 0 spiro atoms. The lowest BCUT2D eigenvalue weighted by atomic mass is 10.1. The topological polar surface area (TPSA) is 68.1 Å². The summed E-state index contributed by atoms with van der Waals surface area (Å²) in [6.07, 6.45) is 3.73. The zero-order valence-electron chi connectivity index (χ0n) is 10.4. The van der Waals surface area contributed by atoms with Gasteiger partial charge in [0.2, 0.25) is 0 Å². The standard InChI is InChI=1S/C13H15N3O2/c1-3-4-18-12-6-11(17)10(5-9(12)2)13-15-7-14-8-16-13/h5-8,17H,3-4H2,1-2H3. The van der Waals surface area contributed by atoms with Crippen molar-refractivity contribution in [1.82, 2.24) is 15.0 Å². The number of ether oxygens (including phenoxy) is 1. The molecule has 1 N–H and O–H groups in total. The maximum absolute atomic E-state index is 9.99. The Morgan fingerprint density at radius 2 is 1.94 bits per heavy atom. The van der Waals surface area contributed by atoms with Gasteiger partial charge in [-0.3, -0.25) is 0 Å². The minimum Gasteiger partial charge on any atom is -0.507 e. The molecule has 1 aromatic carbocycles. The summed E-state index contributed by atoms with van der Waals surface area (Å²) in [5.74, 6) is 1.25. The van der Waals surface area contributed by atoms with Gasteiger partial charge >= 0.3 is 0 Å². The molecule has 0 saturated carbocycles. The molecule has 0 amide bonds. The van der Waals surface area contributed by atoms with Crippen LogP contribution in [-0.4, -0.2) is 26.7 Å². The Hall–Kier alpha value is -2.17. The second kappa shape index (κ2) is 5.44. The van der Waals surface area contributed by atoms with Crippen LogP contribution in [0.5, 0.6) is 11.5 Å². The summed E-state index contributed by atoms with van der Waals surface area (Å²) in [5.41, 5.74) is 1.52.